The summed E-state index contributed by atoms with van der Waals surface area (Å²) in [5, 5.41) is 2.90. The van der Waals surface area contributed by atoms with Crippen molar-refractivity contribution in [3.8, 4) is 11.5 Å². The van der Waals surface area contributed by atoms with Gasteiger partial charge in [-0.1, -0.05) is 38.5 Å². The maximum atomic E-state index is 13.7. The second kappa shape index (κ2) is 13.7. The Morgan fingerprint density at radius 2 is 1.67 bits per heavy atom. The van der Waals surface area contributed by atoms with Gasteiger partial charge < -0.3 is 19.7 Å². The molecule has 0 saturated carbocycles. The SMILES string of the molecule is CCCCNC(=O)[C@@H](CC)N(Cc1ccc(OC)cc1)C(=O)CN(c1cccc(OC)c1)S(C)(=O)=O. The number of sulfonamides is 1. The average Bonchev–Trinajstić information content (AvgIpc) is 2.86. The first-order valence-corrected chi connectivity index (χ1v) is 13.8. The van der Waals surface area contributed by atoms with Crippen LogP contribution in [0.4, 0.5) is 5.69 Å². The monoisotopic (exact) mass is 519 g/mol. The summed E-state index contributed by atoms with van der Waals surface area (Å²) >= 11 is 0. The second-order valence-corrected chi connectivity index (χ2v) is 10.3. The van der Waals surface area contributed by atoms with E-state index in [4.69, 9.17) is 9.47 Å². The van der Waals surface area contributed by atoms with E-state index < -0.39 is 28.5 Å². The summed E-state index contributed by atoms with van der Waals surface area (Å²) in [6.45, 7) is 4.05. The van der Waals surface area contributed by atoms with Gasteiger partial charge in [0.2, 0.25) is 21.8 Å². The minimum atomic E-state index is -3.81. The first kappa shape index (κ1) is 29.0. The zero-order valence-electron chi connectivity index (χ0n) is 21.7. The van der Waals surface area contributed by atoms with Crippen molar-refractivity contribution in [3.63, 3.8) is 0 Å². The Labute approximate surface area is 214 Å². The molecule has 10 heteroatoms. The largest absolute Gasteiger partial charge is 0.497 e. The van der Waals surface area contributed by atoms with Crippen LogP contribution in [0.3, 0.4) is 0 Å². The number of hydrogen-bond donors (Lipinski definition) is 1. The van der Waals surface area contributed by atoms with E-state index in [1.165, 1.54) is 12.0 Å². The molecular formula is C26H37N3O6S. The van der Waals surface area contributed by atoms with E-state index in [-0.39, 0.29) is 12.5 Å². The van der Waals surface area contributed by atoms with Crippen LogP contribution in [0.5, 0.6) is 11.5 Å². The number of unbranched alkanes of at least 4 members (excludes halogenated alkanes) is 1. The molecule has 9 nitrogen and oxygen atoms in total. The summed E-state index contributed by atoms with van der Waals surface area (Å²) in [5.74, 6) is 0.379. The number of anilines is 1. The van der Waals surface area contributed by atoms with Crippen LogP contribution in [-0.4, -0.2) is 64.7 Å². The maximum Gasteiger partial charge on any atom is 0.244 e. The van der Waals surface area contributed by atoms with Crippen LogP contribution < -0.4 is 19.1 Å². The van der Waals surface area contributed by atoms with E-state index in [1.54, 1.807) is 43.5 Å². The first-order chi connectivity index (χ1) is 17.1. The lowest BCUT2D eigenvalue weighted by Crippen LogP contribution is -2.52. The lowest BCUT2D eigenvalue weighted by molar-refractivity contribution is -0.140. The van der Waals surface area contributed by atoms with Gasteiger partial charge in [-0.25, -0.2) is 8.42 Å². The molecule has 1 atom stereocenters. The molecule has 2 aromatic rings. The molecule has 0 aliphatic heterocycles. The summed E-state index contributed by atoms with van der Waals surface area (Å²) in [4.78, 5) is 28.2. The number of rotatable bonds is 14. The van der Waals surface area contributed by atoms with E-state index in [0.29, 0.717) is 30.2 Å². The number of amides is 2. The predicted molar refractivity (Wildman–Crippen MR) is 141 cm³/mol. The third kappa shape index (κ3) is 8.15. The van der Waals surface area contributed by atoms with Crippen LogP contribution >= 0.6 is 0 Å². The summed E-state index contributed by atoms with van der Waals surface area (Å²) < 4.78 is 36.8. The van der Waals surface area contributed by atoms with Gasteiger partial charge in [0.15, 0.2) is 0 Å². The molecule has 0 heterocycles. The van der Waals surface area contributed by atoms with Crippen LogP contribution in [-0.2, 0) is 26.2 Å². The van der Waals surface area contributed by atoms with Crippen LogP contribution in [0, 0.1) is 0 Å². The molecule has 2 amide bonds. The fourth-order valence-electron chi connectivity index (χ4n) is 3.73. The highest BCUT2D eigenvalue weighted by Gasteiger charge is 2.31. The van der Waals surface area contributed by atoms with Gasteiger partial charge in [-0.05, 0) is 42.7 Å². The number of nitrogens with zero attached hydrogens (tertiary/aromatic N) is 2. The van der Waals surface area contributed by atoms with Crippen molar-refractivity contribution in [3.05, 3.63) is 54.1 Å². The molecule has 0 aliphatic rings. The van der Waals surface area contributed by atoms with E-state index in [0.717, 1.165) is 29.0 Å². The molecule has 0 aromatic heterocycles. The zero-order valence-corrected chi connectivity index (χ0v) is 22.5. The molecule has 0 fully saturated rings. The number of hydrogen-bond acceptors (Lipinski definition) is 6. The van der Waals surface area contributed by atoms with Gasteiger partial charge in [0.25, 0.3) is 0 Å². The molecule has 2 aromatic carbocycles. The third-order valence-corrected chi connectivity index (χ3v) is 6.89. The molecule has 1 N–H and O–H groups in total. The number of methoxy groups -OCH3 is 2. The van der Waals surface area contributed by atoms with E-state index in [1.807, 2.05) is 26.0 Å². The maximum absolute atomic E-state index is 13.7. The van der Waals surface area contributed by atoms with Crippen LogP contribution in [0.2, 0.25) is 0 Å². The summed E-state index contributed by atoms with van der Waals surface area (Å²) in [7, 11) is -0.763. The number of carbonyl (C=O) groups excluding carboxylic acids is 2. The molecule has 0 aliphatic carbocycles. The summed E-state index contributed by atoms with van der Waals surface area (Å²) in [5.41, 5.74) is 1.09. The topological polar surface area (TPSA) is 105 Å². The van der Waals surface area contributed by atoms with Gasteiger partial charge in [-0.15, -0.1) is 0 Å². The second-order valence-electron chi connectivity index (χ2n) is 8.41. The van der Waals surface area contributed by atoms with Crippen LogP contribution in [0.25, 0.3) is 0 Å². The van der Waals surface area contributed by atoms with Gasteiger partial charge in [-0.3, -0.25) is 13.9 Å². The number of ether oxygens (including phenoxy) is 2. The van der Waals surface area contributed by atoms with Gasteiger partial charge in [0.05, 0.1) is 26.2 Å². The van der Waals surface area contributed by atoms with Gasteiger partial charge in [0, 0.05) is 19.2 Å². The standard InChI is InChI=1S/C26H37N3O6S/c1-6-8-16-27-26(31)24(7-2)28(18-20-12-14-22(34-3)15-13-20)25(30)19-29(36(5,32)33)21-10-9-11-23(17-21)35-4/h9-15,17,24H,6-8,16,18-19H2,1-5H3,(H,27,31)/t24-/m1/s1. The minimum Gasteiger partial charge on any atom is -0.497 e. The highest BCUT2D eigenvalue weighted by molar-refractivity contribution is 7.92. The normalized spacial score (nSPS) is 11.9. The van der Waals surface area contributed by atoms with Crippen molar-refractivity contribution in [2.24, 2.45) is 0 Å². The molecule has 2 rings (SSSR count). The Hall–Kier alpha value is -3.27. The van der Waals surface area contributed by atoms with Crippen molar-refractivity contribution in [2.75, 3.05) is 37.9 Å². The van der Waals surface area contributed by atoms with Gasteiger partial charge in [0.1, 0.15) is 24.1 Å². The number of nitrogens with one attached hydrogen (secondary N) is 1. The predicted octanol–water partition coefficient (Wildman–Crippen LogP) is 3.19. The molecule has 0 bridgehead atoms. The molecule has 0 saturated heterocycles. The Balaban J connectivity index is 2.41. The summed E-state index contributed by atoms with van der Waals surface area (Å²) in [6.07, 6.45) is 3.17. The van der Waals surface area contributed by atoms with Crippen LogP contribution in [0.1, 0.15) is 38.7 Å². The number of benzene rings is 2. The molecule has 0 spiro atoms. The van der Waals surface area contributed by atoms with Crippen molar-refractivity contribution < 1.29 is 27.5 Å². The Morgan fingerprint density at radius 3 is 2.22 bits per heavy atom. The highest BCUT2D eigenvalue weighted by atomic mass is 32.2. The first-order valence-electron chi connectivity index (χ1n) is 12.0. The highest BCUT2D eigenvalue weighted by Crippen LogP contribution is 2.24. The fraction of sp³-hybridized carbons (Fsp3) is 0.462. The van der Waals surface area contributed by atoms with Gasteiger partial charge >= 0.3 is 0 Å². The Morgan fingerprint density at radius 1 is 1.00 bits per heavy atom. The van der Waals surface area contributed by atoms with Crippen molar-refractivity contribution in [1.29, 1.82) is 0 Å². The lowest BCUT2D eigenvalue weighted by atomic mass is 10.1. The fourth-order valence-corrected chi connectivity index (χ4v) is 4.57. The minimum absolute atomic E-state index is 0.137. The third-order valence-electron chi connectivity index (χ3n) is 5.75. The number of carbonyl (C=O) groups is 2. The molecule has 0 unspecified atom stereocenters. The average molecular weight is 520 g/mol. The van der Waals surface area contributed by atoms with Gasteiger partial charge in [-0.2, -0.15) is 0 Å². The van der Waals surface area contributed by atoms with Crippen molar-refractivity contribution >= 4 is 27.5 Å². The van der Waals surface area contributed by atoms with E-state index in [9.17, 15) is 18.0 Å². The molecule has 198 valence electrons. The Kier molecular flexibility index (Phi) is 11.0. The van der Waals surface area contributed by atoms with Crippen molar-refractivity contribution in [2.45, 2.75) is 45.7 Å². The van der Waals surface area contributed by atoms with E-state index >= 15 is 0 Å². The van der Waals surface area contributed by atoms with Crippen LogP contribution in [0.15, 0.2) is 48.5 Å². The smallest absolute Gasteiger partial charge is 0.244 e. The Bertz CT molecular complexity index is 1100. The van der Waals surface area contributed by atoms with Crippen molar-refractivity contribution in [1.82, 2.24) is 10.2 Å². The lowest BCUT2D eigenvalue weighted by Gasteiger charge is -2.33. The molecular weight excluding hydrogens is 482 g/mol. The summed E-state index contributed by atoms with van der Waals surface area (Å²) in [6, 6.07) is 12.9. The quantitative estimate of drug-likeness (QED) is 0.385. The molecule has 36 heavy (non-hydrogen) atoms. The zero-order chi connectivity index (χ0) is 26.7. The van der Waals surface area contributed by atoms with E-state index in [2.05, 4.69) is 5.32 Å². The molecule has 0 radical (unpaired) electrons.